The normalized spacial score (nSPS) is 12.0. The van der Waals surface area contributed by atoms with E-state index in [1.165, 1.54) is 12.3 Å². The molecule has 2 aromatic carbocycles. The Hall–Kier alpha value is -4.51. The molecule has 0 aliphatic rings. The van der Waals surface area contributed by atoms with Crippen LogP contribution in [0.25, 0.3) is 28.0 Å². The first kappa shape index (κ1) is 27.1. The van der Waals surface area contributed by atoms with E-state index in [2.05, 4.69) is 20.8 Å². The number of amides is 2. The highest BCUT2D eigenvalue weighted by atomic mass is 32.2. The number of sulfone groups is 1. The van der Waals surface area contributed by atoms with E-state index >= 15 is 0 Å². The van der Waals surface area contributed by atoms with Gasteiger partial charge in [-0.05, 0) is 41.5 Å². The average molecular weight is 562 g/mol. The van der Waals surface area contributed by atoms with E-state index in [9.17, 15) is 17.6 Å². The number of urea groups is 1. The summed E-state index contributed by atoms with van der Waals surface area (Å²) in [4.78, 5) is 17.0. The smallest absolute Gasteiger partial charge is 0.320 e. The van der Waals surface area contributed by atoms with Crippen LogP contribution >= 0.6 is 0 Å². The van der Waals surface area contributed by atoms with Gasteiger partial charge in [0.2, 0.25) is 0 Å². The Morgan fingerprint density at radius 2 is 1.73 bits per heavy atom. The topological polar surface area (TPSA) is 119 Å². The monoisotopic (exact) mass is 561 g/mol. The van der Waals surface area contributed by atoms with Gasteiger partial charge in [0.25, 0.3) is 0 Å². The number of nitrogens with one attached hydrogen (secondary N) is 2. The molecule has 0 unspecified atom stereocenters. The Kier molecular flexibility index (Phi) is 6.92. The van der Waals surface area contributed by atoms with Crippen molar-refractivity contribution in [3.05, 3.63) is 90.2 Å². The van der Waals surface area contributed by atoms with E-state index in [4.69, 9.17) is 4.52 Å². The van der Waals surface area contributed by atoms with Crippen LogP contribution in [0.15, 0.2) is 82.5 Å². The molecule has 0 bridgehead atoms. The van der Waals surface area contributed by atoms with E-state index in [1.54, 1.807) is 48.7 Å². The Morgan fingerprint density at radius 3 is 2.38 bits per heavy atom. The van der Waals surface area contributed by atoms with E-state index in [0.717, 1.165) is 11.1 Å². The van der Waals surface area contributed by atoms with Gasteiger partial charge >= 0.3 is 6.03 Å². The molecule has 5 aromatic rings. The molecule has 0 radical (unpaired) electrons. The number of carbonyl (C=O) groups excluding carboxylic acids is 1. The zero-order valence-corrected chi connectivity index (χ0v) is 23.2. The van der Waals surface area contributed by atoms with Crippen LogP contribution in [0.5, 0.6) is 0 Å². The minimum Gasteiger partial charge on any atom is -0.359 e. The zero-order chi connectivity index (χ0) is 28.7. The molecule has 0 aliphatic carbocycles. The third kappa shape index (κ3) is 5.74. The lowest BCUT2D eigenvalue weighted by atomic mass is 9.93. The van der Waals surface area contributed by atoms with Crippen LogP contribution in [-0.2, 0) is 21.8 Å². The average Bonchev–Trinajstić information content (AvgIpc) is 3.54. The summed E-state index contributed by atoms with van der Waals surface area (Å²) in [6, 6.07) is 16.4. The maximum atomic E-state index is 15.0. The second kappa shape index (κ2) is 10.2. The summed E-state index contributed by atoms with van der Waals surface area (Å²) in [7, 11) is -3.27. The van der Waals surface area contributed by atoms with Crippen LogP contribution in [0.1, 0.15) is 32.1 Å². The molecule has 40 heavy (non-hydrogen) atoms. The summed E-state index contributed by atoms with van der Waals surface area (Å²) < 4.78 is 45.6. The Morgan fingerprint density at radius 1 is 1.00 bits per heavy atom. The van der Waals surface area contributed by atoms with Crippen LogP contribution < -0.4 is 10.6 Å². The molecular weight excluding hydrogens is 533 g/mol. The van der Waals surface area contributed by atoms with Crippen molar-refractivity contribution in [2.45, 2.75) is 37.6 Å². The number of aromatic nitrogens is 3. The fourth-order valence-corrected chi connectivity index (χ4v) is 4.77. The van der Waals surface area contributed by atoms with E-state index in [-0.39, 0.29) is 22.7 Å². The van der Waals surface area contributed by atoms with Gasteiger partial charge in [0.05, 0.1) is 16.8 Å². The number of hydrogen-bond acceptors (Lipinski definition) is 6. The standard InChI is InChI=1S/C29H28FN5O4S/c1-29(2,3)25-15-26(34-39-25)33-28(36)32-16-21-6-5-20(13-23(21)30)24-17-31-27-14-19(11-12-35(24)27)18-7-9-22(10-8-18)40(4,37)38/h5-15,17H,16H2,1-4H3,(H2,32,33,34,36). The number of pyridine rings is 1. The van der Waals surface area contributed by atoms with Crippen molar-refractivity contribution < 1.29 is 22.1 Å². The summed E-state index contributed by atoms with van der Waals surface area (Å²) in [6.07, 6.45) is 4.67. The molecule has 11 heteroatoms. The number of hydrogen-bond donors (Lipinski definition) is 2. The molecule has 2 amide bonds. The van der Waals surface area contributed by atoms with Crippen molar-refractivity contribution in [1.29, 1.82) is 0 Å². The number of benzene rings is 2. The largest absolute Gasteiger partial charge is 0.359 e. The van der Waals surface area contributed by atoms with Crippen molar-refractivity contribution in [3.8, 4) is 22.4 Å². The van der Waals surface area contributed by atoms with Crippen molar-refractivity contribution >= 4 is 27.3 Å². The van der Waals surface area contributed by atoms with Gasteiger partial charge < -0.3 is 9.84 Å². The van der Waals surface area contributed by atoms with Gasteiger partial charge in [-0.15, -0.1) is 0 Å². The Labute approximate surface area is 231 Å². The number of fused-ring (bicyclic) bond motifs is 1. The number of rotatable bonds is 6. The summed E-state index contributed by atoms with van der Waals surface area (Å²) in [6.45, 7) is 5.89. The van der Waals surface area contributed by atoms with Gasteiger partial charge in [-0.1, -0.05) is 50.2 Å². The van der Waals surface area contributed by atoms with Gasteiger partial charge in [0.1, 0.15) is 17.2 Å². The molecule has 3 aromatic heterocycles. The molecule has 0 fully saturated rings. The lowest BCUT2D eigenvalue weighted by Gasteiger charge is -2.12. The molecule has 0 aliphatic heterocycles. The summed E-state index contributed by atoms with van der Waals surface area (Å²) in [5, 5.41) is 9.06. The third-order valence-corrected chi connectivity index (χ3v) is 7.54. The van der Waals surface area contributed by atoms with Crippen LogP contribution in [0.2, 0.25) is 0 Å². The fraction of sp³-hybridized carbons (Fsp3) is 0.207. The molecule has 0 saturated carbocycles. The second-order valence-electron chi connectivity index (χ2n) is 10.5. The summed E-state index contributed by atoms with van der Waals surface area (Å²) in [5.41, 5.74) is 3.78. The highest BCUT2D eigenvalue weighted by molar-refractivity contribution is 7.90. The van der Waals surface area contributed by atoms with Gasteiger partial charge in [-0.25, -0.2) is 22.6 Å². The number of carbonyl (C=O) groups is 1. The maximum absolute atomic E-state index is 15.0. The lowest BCUT2D eigenvalue weighted by Crippen LogP contribution is -2.28. The number of anilines is 1. The minimum absolute atomic E-state index is 0.0173. The predicted molar refractivity (Wildman–Crippen MR) is 150 cm³/mol. The minimum atomic E-state index is -3.27. The van der Waals surface area contributed by atoms with Gasteiger partial charge in [0.15, 0.2) is 15.7 Å². The third-order valence-electron chi connectivity index (χ3n) is 6.41. The fourth-order valence-electron chi connectivity index (χ4n) is 4.14. The van der Waals surface area contributed by atoms with Gasteiger partial charge in [-0.2, -0.15) is 0 Å². The van der Waals surface area contributed by atoms with Crippen molar-refractivity contribution in [2.75, 3.05) is 11.6 Å². The lowest BCUT2D eigenvalue weighted by molar-refractivity contribution is 0.251. The van der Waals surface area contributed by atoms with Crippen molar-refractivity contribution in [3.63, 3.8) is 0 Å². The van der Waals surface area contributed by atoms with Crippen LogP contribution in [0.3, 0.4) is 0 Å². The predicted octanol–water partition coefficient (Wildman–Crippen LogP) is 5.82. The molecule has 5 rings (SSSR count). The van der Waals surface area contributed by atoms with Crippen LogP contribution in [0.4, 0.5) is 15.0 Å². The number of halogens is 1. The van der Waals surface area contributed by atoms with Crippen LogP contribution in [0, 0.1) is 5.82 Å². The first-order valence-electron chi connectivity index (χ1n) is 12.5. The summed E-state index contributed by atoms with van der Waals surface area (Å²) in [5.74, 6) is 0.447. The highest BCUT2D eigenvalue weighted by Crippen LogP contribution is 2.28. The Bertz CT molecular complexity index is 1820. The molecule has 206 valence electrons. The van der Waals surface area contributed by atoms with Gasteiger partial charge in [0, 0.05) is 41.6 Å². The SMILES string of the molecule is CC(C)(C)c1cc(NC(=O)NCc2ccc(-c3cnc4cc(-c5ccc(S(C)(=O)=O)cc5)ccn34)cc2F)no1. The van der Waals surface area contributed by atoms with E-state index in [1.807, 2.05) is 43.5 Å². The van der Waals surface area contributed by atoms with Crippen LogP contribution in [-0.4, -0.2) is 35.2 Å². The van der Waals surface area contributed by atoms with Crippen molar-refractivity contribution in [1.82, 2.24) is 19.9 Å². The highest BCUT2D eigenvalue weighted by Gasteiger charge is 2.20. The molecule has 2 N–H and O–H groups in total. The molecular formula is C29H28FN5O4S. The summed E-state index contributed by atoms with van der Waals surface area (Å²) >= 11 is 0. The maximum Gasteiger partial charge on any atom is 0.320 e. The molecule has 0 saturated heterocycles. The quantitative estimate of drug-likeness (QED) is 0.270. The number of imidazole rings is 1. The molecule has 0 atom stereocenters. The molecule has 3 heterocycles. The van der Waals surface area contributed by atoms with E-state index in [0.29, 0.717) is 28.2 Å². The molecule has 0 spiro atoms. The first-order valence-corrected chi connectivity index (χ1v) is 14.4. The Balaban J connectivity index is 1.28. The van der Waals surface area contributed by atoms with E-state index < -0.39 is 21.7 Å². The van der Waals surface area contributed by atoms with Crippen molar-refractivity contribution in [2.24, 2.45) is 0 Å². The van der Waals surface area contributed by atoms with Gasteiger partial charge in [-0.3, -0.25) is 9.72 Å². The number of nitrogens with zero attached hydrogens (tertiary/aromatic N) is 3. The zero-order valence-electron chi connectivity index (χ0n) is 22.4. The molecule has 9 nitrogen and oxygen atoms in total. The first-order chi connectivity index (χ1) is 18.9. The second-order valence-corrected chi connectivity index (χ2v) is 12.5.